The van der Waals surface area contributed by atoms with Crippen LogP contribution in [0, 0.1) is 54.8 Å². The van der Waals surface area contributed by atoms with E-state index >= 15 is 0 Å². The van der Waals surface area contributed by atoms with Gasteiger partial charge >= 0.3 is 10.2 Å². The summed E-state index contributed by atoms with van der Waals surface area (Å²) in [6, 6.07) is 43.8. The quantitative estimate of drug-likeness (QED) is 0.0295. The lowest BCUT2D eigenvalue weighted by molar-refractivity contribution is 0.0382. The molecule has 0 aliphatic carbocycles. The topological polar surface area (TPSA) is 470 Å². The van der Waals surface area contributed by atoms with Gasteiger partial charge in [0.15, 0.2) is 9.92 Å². The summed E-state index contributed by atoms with van der Waals surface area (Å²) in [5, 5.41) is 10.1. The van der Waals surface area contributed by atoms with Gasteiger partial charge in [-0.1, -0.05) is 123 Å². The molecule has 6 fully saturated rings. The highest BCUT2D eigenvalue weighted by molar-refractivity contribution is 7.90. The van der Waals surface area contributed by atoms with Crippen molar-refractivity contribution < 1.29 is 67.4 Å². The number of carbonyl (C=O) groups excluding carboxylic acids is 4. The molecule has 7 aromatic heterocycles. The number of amides is 4. The molecule has 13 heterocycles. The number of phenolic OH excluding ortho intramolecular Hbond substituents is 1. The smallest absolute Gasteiger partial charge is 0.304 e. The van der Waals surface area contributed by atoms with Gasteiger partial charge in [-0.2, -0.15) is 21.1 Å². The zero-order valence-electron chi connectivity index (χ0n) is 85.2. The van der Waals surface area contributed by atoms with Gasteiger partial charge in [0.1, 0.15) is 51.3 Å². The number of nitrogens with one attached hydrogen (secondary N) is 5. The molecule has 3 aromatic carbocycles. The molecule has 16 rings (SSSR count). The predicted octanol–water partition coefficient (Wildman–Crippen LogP) is 15.6. The Morgan fingerprint density at radius 3 is 1.51 bits per heavy atom. The van der Waals surface area contributed by atoms with E-state index in [0.29, 0.717) is 114 Å². The molecule has 4 atom stereocenters. The minimum Gasteiger partial charge on any atom is -0.507 e. The Morgan fingerprint density at radius 1 is 0.531 bits per heavy atom. The fourth-order valence-corrected chi connectivity index (χ4v) is 24.5. The number of sulfonamides is 3. The third kappa shape index (κ3) is 25.3. The van der Waals surface area contributed by atoms with E-state index in [0.717, 1.165) is 111 Å². The lowest BCUT2D eigenvalue weighted by Crippen LogP contribution is -2.47. The van der Waals surface area contributed by atoms with Crippen LogP contribution in [0.1, 0.15) is 228 Å². The Kier molecular flexibility index (Phi) is 32.0. The van der Waals surface area contributed by atoms with Crippen molar-refractivity contribution in [3.05, 3.63) is 220 Å². The Hall–Kier alpha value is -12.5. The number of anilines is 6. The number of hydrogen-bond donors (Lipinski definition) is 8. The normalized spacial score (nSPS) is 19.3. The highest BCUT2D eigenvalue weighted by Gasteiger charge is 2.49. The Labute approximate surface area is 840 Å². The third-order valence-electron chi connectivity index (χ3n) is 27.1. The molecule has 0 spiro atoms. The number of phenols is 1. The van der Waals surface area contributed by atoms with Crippen molar-refractivity contribution in [3.8, 4) is 45.3 Å². The zero-order valence-corrected chi connectivity index (χ0v) is 88.5. The summed E-state index contributed by atoms with van der Waals surface area (Å²) in [6.45, 7) is 47.5. The second kappa shape index (κ2) is 42.4. The number of rotatable bonds is 23. The van der Waals surface area contributed by atoms with Gasteiger partial charge < -0.3 is 50.6 Å². The maximum absolute atomic E-state index is 13.5. The van der Waals surface area contributed by atoms with E-state index < -0.39 is 74.4 Å². The number of nitrogens with zero attached hydrogens (tertiary/aromatic N) is 11. The summed E-state index contributed by atoms with van der Waals surface area (Å²) < 4.78 is 125. The highest BCUT2D eigenvalue weighted by Crippen LogP contribution is 2.48. The minimum atomic E-state index is -4.38. The molecule has 38 heteroatoms. The molecule has 1 unspecified atom stereocenters. The van der Waals surface area contributed by atoms with Crippen LogP contribution in [0.25, 0.3) is 33.8 Å². The number of aromatic amines is 1. The number of carbonyl (C=O) groups is 4. The van der Waals surface area contributed by atoms with E-state index in [-0.39, 0.29) is 82.5 Å². The average molecular weight is 2030 g/mol. The molecule has 6 saturated heterocycles. The molecular formula is C105H136N18O16S4. The van der Waals surface area contributed by atoms with Gasteiger partial charge in [0.25, 0.3) is 59.3 Å². The summed E-state index contributed by atoms with van der Waals surface area (Å²) in [7, 11) is -16.8. The Balaban J connectivity index is 0.000000160. The lowest BCUT2D eigenvalue weighted by Gasteiger charge is -2.42. The zero-order chi connectivity index (χ0) is 104. The van der Waals surface area contributed by atoms with E-state index in [2.05, 4.69) is 155 Å². The van der Waals surface area contributed by atoms with Crippen LogP contribution in [0.15, 0.2) is 190 Å². The van der Waals surface area contributed by atoms with Crippen molar-refractivity contribution in [2.45, 2.75) is 226 Å². The molecular weight excluding hydrogens is 1900 g/mol. The van der Waals surface area contributed by atoms with E-state index in [1.165, 1.54) is 59.2 Å². The molecule has 34 nitrogen and oxygen atoms in total. The standard InChI is InChI=1S/C29H42N4O4S.C26H37N5O4S.C25H29N5O4S.C25H28N4O4S/c1-20(2)18-37-23-10-8-9-22(15-23)25-12-11-24(26(30-25)33-17-21(3)16-29(33,6)7)27(34)31-38(35,36)32-14-13-28(4,5)19-32;1-25(2,3)20-10-9-18(24(32)30-36(33,34)22-8-6-7-21(27)29-22)23(28-20)31-14-11-19(26(31,4)5)17-12-15-35-16-13-17;1-15-7-10-20(31)18(12-15)19-9-8-17(23(28-19)30-14-16(2)13-25(30,3)4)24(32)29-35(33,34)21-6-5-11-27-22(21)26;1-16-7-5-8-18(13-16)20-11-10-19(22(27-20)29-15-17(2)14-25(29,3)4)23(30)28-34(32,33)21-9-6-12-26-24(21)31/h8-12,15,20-21H,13-14,16-19H2,1-7H3,(H,31,34);6-10,17,19H,11-16H2,1-5H3,(H2,27,29)(H,30,32);5-12,16,31H,13-14H2,1-4H3,(H2,26,27)(H,29,32);5-13,17H,14-15H2,1-4H3,(H,26,31)(H,28,30)/t21-;;16-;17-/m0.00/s1. The van der Waals surface area contributed by atoms with Gasteiger partial charge in [-0.05, 0) is 270 Å². The number of aromatic hydroxyl groups is 1. The number of hydrogen-bond acceptors (Lipinski definition) is 28. The molecule has 6 aliphatic heterocycles. The maximum Gasteiger partial charge on any atom is 0.304 e. The van der Waals surface area contributed by atoms with Crippen LogP contribution in [0.4, 0.5) is 34.9 Å². The summed E-state index contributed by atoms with van der Waals surface area (Å²) in [6.07, 6.45) is 9.20. The number of ether oxygens (including phenoxy) is 2. The average Bonchev–Trinajstić information content (AvgIpc) is 0.850. The van der Waals surface area contributed by atoms with Crippen LogP contribution in [-0.4, -0.2) is 183 Å². The van der Waals surface area contributed by atoms with Crippen LogP contribution in [0.2, 0.25) is 0 Å². The molecule has 10 aromatic rings. The number of nitrogen functional groups attached to an aromatic ring is 2. The second-order valence-electron chi connectivity index (χ2n) is 43.1. The monoisotopic (exact) mass is 2030 g/mol. The summed E-state index contributed by atoms with van der Waals surface area (Å²) in [4.78, 5) is 103. The summed E-state index contributed by atoms with van der Waals surface area (Å²) in [5.74, 6) is 1.88. The van der Waals surface area contributed by atoms with Gasteiger partial charge in [0, 0.05) is 115 Å². The molecule has 4 amide bonds. The number of nitrogens with two attached hydrogens (primary N) is 2. The number of aryl methyl sites for hydroxylation is 2. The van der Waals surface area contributed by atoms with Crippen LogP contribution in [-0.2, 0) is 50.4 Å². The first-order valence-corrected chi connectivity index (χ1v) is 54.2. The first kappa shape index (κ1) is 108. The highest BCUT2D eigenvalue weighted by atomic mass is 32.2. The van der Waals surface area contributed by atoms with E-state index in [9.17, 15) is 62.8 Å². The van der Waals surface area contributed by atoms with Crippen LogP contribution in [0.5, 0.6) is 11.5 Å². The molecule has 0 saturated carbocycles. The minimum absolute atomic E-state index is 0.0557. The van der Waals surface area contributed by atoms with Gasteiger partial charge in [-0.3, -0.25) is 24.0 Å². The number of aromatic nitrogens is 7. The van der Waals surface area contributed by atoms with Crippen molar-refractivity contribution in [2.75, 3.05) is 90.2 Å². The Morgan fingerprint density at radius 2 is 1.01 bits per heavy atom. The number of benzene rings is 3. The van der Waals surface area contributed by atoms with Gasteiger partial charge in [-0.15, -0.1) is 0 Å². The van der Waals surface area contributed by atoms with Crippen molar-refractivity contribution in [3.63, 3.8) is 0 Å². The van der Waals surface area contributed by atoms with Gasteiger partial charge in [0.2, 0.25) is 0 Å². The largest absolute Gasteiger partial charge is 0.507 e. The van der Waals surface area contributed by atoms with Gasteiger partial charge in [-0.25, -0.2) is 65.6 Å². The SMILES string of the molecule is CC(C)(C)c1ccc(C(=O)NS(=O)(=O)c2cccc(N)n2)c(N2CCC(C3CCOCC3)C2(C)C)n1.CC(C)COc1cccc(-c2ccc(C(=O)NS(=O)(=O)N3CCC(C)(C)C3)c(N3C[C@@H](C)CC3(C)C)n2)c1.Cc1ccc(O)c(-c2ccc(C(=O)NS(=O)(=O)c3cccnc3N)c(N3C[C@@H](C)CC3(C)C)n2)c1.Cc1cccc(-c2ccc(C(=O)NS(=O)(=O)c3ccc[nH]c3=O)c(N3C[C@@H](C)CC3(C)C)n2)c1. The molecule has 143 heavy (non-hydrogen) atoms. The van der Waals surface area contributed by atoms with Gasteiger partial charge in [0.05, 0.1) is 45.9 Å². The first-order chi connectivity index (χ1) is 66.8. The predicted molar refractivity (Wildman–Crippen MR) is 557 cm³/mol. The van der Waals surface area contributed by atoms with E-state index in [1.54, 1.807) is 54.6 Å². The van der Waals surface area contributed by atoms with Crippen LogP contribution in [0.3, 0.4) is 0 Å². The molecule has 0 radical (unpaired) electrons. The summed E-state index contributed by atoms with van der Waals surface area (Å²) in [5.41, 5.74) is 16.9. The second-order valence-corrected chi connectivity index (χ2v) is 49.7. The number of H-pyrrole nitrogens is 1. The van der Waals surface area contributed by atoms with E-state index in [4.69, 9.17) is 40.9 Å². The van der Waals surface area contributed by atoms with E-state index in [1.807, 2.05) is 91.9 Å². The number of pyridine rings is 7. The molecule has 6 aliphatic rings. The molecule has 0 bridgehead atoms. The molecule has 10 N–H and O–H groups in total. The summed E-state index contributed by atoms with van der Waals surface area (Å²) >= 11 is 0. The van der Waals surface area contributed by atoms with Crippen molar-refractivity contribution in [1.82, 2.24) is 58.1 Å². The van der Waals surface area contributed by atoms with Crippen molar-refractivity contribution in [2.24, 2.45) is 40.9 Å². The Bertz CT molecular complexity index is 6980. The maximum atomic E-state index is 13.5. The first-order valence-electron chi connectivity index (χ1n) is 48.3. The van der Waals surface area contributed by atoms with Crippen LogP contribution < -0.4 is 60.3 Å². The van der Waals surface area contributed by atoms with Crippen molar-refractivity contribution in [1.29, 1.82) is 0 Å². The molecule has 766 valence electrons. The van der Waals surface area contributed by atoms with Crippen molar-refractivity contribution >= 4 is 98.8 Å². The third-order valence-corrected chi connectivity index (χ3v) is 32.5. The fourth-order valence-electron chi connectivity index (χ4n) is 20.2. The fraction of sp³-hybridized carbons (Fsp3) is 0.457. The lowest BCUT2D eigenvalue weighted by atomic mass is 9.75. The van der Waals surface area contributed by atoms with Crippen LogP contribution >= 0.6 is 0 Å².